The number of anilines is 1. The van der Waals surface area contributed by atoms with Crippen molar-refractivity contribution in [2.75, 3.05) is 12.4 Å². The Labute approximate surface area is 112 Å². The largest absolute Gasteiger partial charge is 0.495 e. The number of aromatic nitrogens is 2. The first-order valence-corrected chi connectivity index (χ1v) is 6.09. The third-order valence-electron chi connectivity index (χ3n) is 2.93. The molecule has 0 saturated carbocycles. The zero-order valence-electron chi connectivity index (χ0n) is 11.1. The smallest absolute Gasteiger partial charge is 0.143 e. The lowest BCUT2D eigenvalue weighted by Crippen LogP contribution is -2.06. The summed E-state index contributed by atoms with van der Waals surface area (Å²) < 4.78 is 7.35. The van der Waals surface area contributed by atoms with Gasteiger partial charge in [0, 0.05) is 18.8 Å². The van der Waals surface area contributed by atoms with Gasteiger partial charge in [0.1, 0.15) is 5.75 Å². The van der Waals surface area contributed by atoms with E-state index in [0.29, 0.717) is 17.9 Å². The molecule has 0 bridgehead atoms. The van der Waals surface area contributed by atoms with Gasteiger partial charge in [-0.1, -0.05) is 0 Å². The summed E-state index contributed by atoms with van der Waals surface area (Å²) in [7, 11) is 1.60. The van der Waals surface area contributed by atoms with Gasteiger partial charge in [0.25, 0.3) is 0 Å². The molecular weight excluding hydrogens is 240 g/mol. The van der Waals surface area contributed by atoms with E-state index in [0.717, 1.165) is 17.9 Å². The summed E-state index contributed by atoms with van der Waals surface area (Å²) in [6, 6.07) is 7.43. The van der Waals surface area contributed by atoms with E-state index in [4.69, 9.17) is 10.00 Å². The first-order chi connectivity index (χ1) is 9.28. The predicted molar refractivity (Wildman–Crippen MR) is 72.9 cm³/mol. The van der Waals surface area contributed by atoms with Crippen molar-refractivity contribution >= 4 is 5.69 Å². The summed E-state index contributed by atoms with van der Waals surface area (Å²) in [5, 5.41) is 12.2. The second-order valence-corrected chi connectivity index (χ2v) is 4.05. The van der Waals surface area contributed by atoms with Crippen LogP contribution in [0.15, 0.2) is 30.7 Å². The molecule has 2 rings (SSSR count). The van der Waals surface area contributed by atoms with Crippen LogP contribution in [-0.2, 0) is 13.1 Å². The second-order valence-electron chi connectivity index (χ2n) is 4.05. The molecule has 0 spiro atoms. The number of aryl methyl sites for hydroxylation is 1. The van der Waals surface area contributed by atoms with Gasteiger partial charge in [-0.3, -0.25) is 0 Å². The van der Waals surface area contributed by atoms with Crippen LogP contribution < -0.4 is 10.1 Å². The summed E-state index contributed by atoms with van der Waals surface area (Å²) in [6.45, 7) is 3.63. The number of imidazole rings is 1. The highest BCUT2D eigenvalue weighted by atomic mass is 16.5. The molecule has 2 aromatic rings. The van der Waals surface area contributed by atoms with Crippen LogP contribution in [0.5, 0.6) is 5.75 Å². The maximum Gasteiger partial charge on any atom is 0.143 e. The lowest BCUT2D eigenvalue weighted by molar-refractivity contribution is 0.416. The molecule has 0 saturated heterocycles. The number of hydrogen-bond acceptors (Lipinski definition) is 4. The van der Waals surface area contributed by atoms with Crippen molar-refractivity contribution in [1.82, 2.24) is 9.55 Å². The molecule has 1 aromatic carbocycles. The summed E-state index contributed by atoms with van der Waals surface area (Å²) in [5.41, 5.74) is 2.56. The highest BCUT2D eigenvalue weighted by Gasteiger charge is 2.06. The van der Waals surface area contributed by atoms with E-state index in [2.05, 4.69) is 27.9 Å². The van der Waals surface area contributed by atoms with Crippen LogP contribution in [0, 0.1) is 11.3 Å². The second kappa shape index (κ2) is 5.91. The van der Waals surface area contributed by atoms with E-state index in [1.54, 1.807) is 19.2 Å². The Bertz CT molecular complexity index is 598. The number of nitrogens with one attached hydrogen (secondary N) is 1. The fourth-order valence-corrected chi connectivity index (χ4v) is 1.87. The van der Waals surface area contributed by atoms with Crippen molar-refractivity contribution < 1.29 is 4.74 Å². The van der Waals surface area contributed by atoms with Crippen molar-refractivity contribution in [1.29, 1.82) is 5.26 Å². The van der Waals surface area contributed by atoms with E-state index >= 15 is 0 Å². The normalized spacial score (nSPS) is 9.95. The van der Waals surface area contributed by atoms with Gasteiger partial charge < -0.3 is 14.6 Å². The lowest BCUT2D eigenvalue weighted by atomic mass is 10.2. The third kappa shape index (κ3) is 2.86. The highest BCUT2D eigenvalue weighted by Crippen LogP contribution is 2.25. The van der Waals surface area contributed by atoms with Gasteiger partial charge in [-0.15, -0.1) is 0 Å². The molecule has 5 heteroatoms. The first kappa shape index (κ1) is 13.0. The molecule has 1 aromatic heterocycles. The van der Waals surface area contributed by atoms with Crippen LogP contribution in [0.25, 0.3) is 0 Å². The van der Waals surface area contributed by atoms with E-state index in [1.807, 2.05) is 18.6 Å². The minimum atomic E-state index is 0.584. The number of benzene rings is 1. The molecule has 0 amide bonds. The molecule has 0 fully saturated rings. The van der Waals surface area contributed by atoms with Gasteiger partial charge >= 0.3 is 0 Å². The molecular formula is C14H16N4O. The third-order valence-corrected chi connectivity index (χ3v) is 2.93. The van der Waals surface area contributed by atoms with Crippen LogP contribution in [0.4, 0.5) is 5.69 Å². The van der Waals surface area contributed by atoms with Gasteiger partial charge in [0.15, 0.2) is 0 Å². The minimum absolute atomic E-state index is 0.584. The monoisotopic (exact) mass is 256 g/mol. The number of methoxy groups -OCH3 is 1. The molecule has 5 nitrogen and oxygen atoms in total. The minimum Gasteiger partial charge on any atom is -0.495 e. The Balaban J connectivity index is 2.13. The summed E-state index contributed by atoms with van der Waals surface area (Å²) in [5.74, 6) is 0.668. The molecule has 0 unspecified atom stereocenters. The van der Waals surface area contributed by atoms with E-state index in [1.165, 1.54) is 0 Å². The van der Waals surface area contributed by atoms with Gasteiger partial charge in [0.2, 0.25) is 0 Å². The molecule has 0 radical (unpaired) electrons. The van der Waals surface area contributed by atoms with Gasteiger partial charge in [-0.2, -0.15) is 5.26 Å². The molecule has 0 atom stereocenters. The van der Waals surface area contributed by atoms with Crippen LogP contribution in [0.3, 0.4) is 0 Å². The quantitative estimate of drug-likeness (QED) is 0.892. The Kier molecular flexibility index (Phi) is 4.04. The fourth-order valence-electron chi connectivity index (χ4n) is 1.87. The van der Waals surface area contributed by atoms with Crippen LogP contribution in [0.2, 0.25) is 0 Å². The SMILES string of the molecule is CCn1cncc1CNc1ccc(C#N)cc1OC. The Hall–Kier alpha value is -2.48. The number of nitriles is 1. The summed E-state index contributed by atoms with van der Waals surface area (Å²) >= 11 is 0. The lowest BCUT2D eigenvalue weighted by Gasteiger charge is -2.12. The zero-order valence-corrected chi connectivity index (χ0v) is 11.1. The summed E-state index contributed by atoms with van der Waals surface area (Å²) in [6.07, 6.45) is 3.65. The Morgan fingerprint density at radius 1 is 1.47 bits per heavy atom. The van der Waals surface area contributed by atoms with Crippen LogP contribution in [0.1, 0.15) is 18.2 Å². The zero-order chi connectivity index (χ0) is 13.7. The Morgan fingerprint density at radius 2 is 2.32 bits per heavy atom. The Morgan fingerprint density at radius 3 is 3.00 bits per heavy atom. The van der Waals surface area contributed by atoms with Gasteiger partial charge in [-0.25, -0.2) is 4.98 Å². The van der Waals surface area contributed by atoms with Gasteiger partial charge in [0.05, 0.1) is 43.0 Å². The first-order valence-electron chi connectivity index (χ1n) is 6.09. The average Bonchev–Trinajstić information content (AvgIpc) is 2.92. The van der Waals surface area contributed by atoms with E-state index in [-0.39, 0.29) is 0 Å². The van der Waals surface area contributed by atoms with Crippen molar-refractivity contribution in [3.05, 3.63) is 42.0 Å². The maximum atomic E-state index is 8.86. The van der Waals surface area contributed by atoms with Crippen LogP contribution in [-0.4, -0.2) is 16.7 Å². The van der Waals surface area contributed by atoms with E-state index in [9.17, 15) is 0 Å². The predicted octanol–water partition coefficient (Wildman–Crippen LogP) is 2.40. The molecule has 0 aliphatic heterocycles. The van der Waals surface area contributed by atoms with Crippen molar-refractivity contribution in [2.45, 2.75) is 20.0 Å². The topological polar surface area (TPSA) is 62.9 Å². The maximum absolute atomic E-state index is 8.86. The van der Waals surface area contributed by atoms with Gasteiger partial charge in [-0.05, 0) is 19.1 Å². The molecule has 1 N–H and O–H groups in total. The van der Waals surface area contributed by atoms with E-state index < -0.39 is 0 Å². The molecule has 98 valence electrons. The van der Waals surface area contributed by atoms with Crippen LogP contribution >= 0.6 is 0 Å². The average molecular weight is 256 g/mol. The molecule has 0 aliphatic rings. The molecule has 0 aliphatic carbocycles. The standard InChI is InChI=1S/C14H16N4O/c1-3-18-10-16-8-12(18)9-17-13-5-4-11(7-15)6-14(13)19-2/h4-6,8,10,17H,3,9H2,1-2H3. The van der Waals surface area contributed by atoms with Crippen molar-refractivity contribution in [2.24, 2.45) is 0 Å². The summed E-state index contributed by atoms with van der Waals surface area (Å²) in [4.78, 5) is 4.12. The van der Waals surface area contributed by atoms with Crippen molar-refractivity contribution in [3.8, 4) is 11.8 Å². The molecule has 1 heterocycles. The van der Waals surface area contributed by atoms with Crippen molar-refractivity contribution in [3.63, 3.8) is 0 Å². The fraction of sp³-hybridized carbons (Fsp3) is 0.286. The number of rotatable bonds is 5. The molecule has 19 heavy (non-hydrogen) atoms. The number of nitrogens with zero attached hydrogens (tertiary/aromatic N) is 3. The number of hydrogen-bond donors (Lipinski definition) is 1. The number of ether oxygens (including phenoxy) is 1. The highest BCUT2D eigenvalue weighted by molar-refractivity contribution is 5.59.